The van der Waals surface area contributed by atoms with E-state index in [1.807, 2.05) is 6.92 Å². The van der Waals surface area contributed by atoms with Gasteiger partial charge in [-0.3, -0.25) is 4.57 Å². The minimum atomic E-state index is -2.70. The molecule has 5 heteroatoms. The highest BCUT2D eigenvalue weighted by atomic mass is 31.2. The van der Waals surface area contributed by atoms with Gasteiger partial charge in [-0.2, -0.15) is 0 Å². The first-order valence-corrected chi connectivity index (χ1v) is 7.97. The van der Waals surface area contributed by atoms with Gasteiger partial charge in [-0.15, -0.1) is 0 Å². The van der Waals surface area contributed by atoms with Crippen LogP contribution in [0.5, 0.6) is 0 Å². The van der Waals surface area contributed by atoms with Crippen LogP contribution in [0.4, 0.5) is 0 Å². The fraction of sp³-hybridized carbons (Fsp3) is 1.00. The molecule has 1 fully saturated rings. The van der Waals surface area contributed by atoms with Crippen LogP contribution >= 0.6 is 7.67 Å². The predicted octanol–water partition coefficient (Wildman–Crippen LogP) is 2.96. The average molecular weight is 248 g/mol. The van der Waals surface area contributed by atoms with Crippen LogP contribution in [-0.4, -0.2) is 42.1 Å². The minimum Gasteiger partial charge on any atom is -0.306 e. The molecule has 1 aliphatic heterocycles. The molecular formula is C11H25N2O2P. The van der Waals surface area contributed by atoms with E-state index in [2.05, 4.69) is 23.2 Å². The largest absolute Gasteiger partial charge is 0.346 e. The molecule has 0 bridgehead atoms. The third-order valence-electron chi connectivity index (χ3n) is 2.81. The Balaban J connectivity index is 2.79. The van der Waals surface area contributed by atoms with Crippen molar-refractivity contribution < 1.29 is 9.09 Å². The summed E-state index contributed by atoms with van der Waals surface area (Å²) in [6.07, 6.45) is 3.14. The van der Waals surface area contributed by atoms with Gasteiger partial charge in [-0.1, -0.05) is 13.8 Å². The van der Waals surface area contributed by atoms with E-state index in [0.29, 0.717) is 6.61 Å². The molecule has 0 amide bonds. The lowest BCUT2D eigenvalue weighted by Gasteiger charge is -2.42. The molecule has 0 radical (unpaired) electrons. The van der Waals surface area contributed by atoms with Crippen molar-refractivity contribution in [3.8, 4) is 0 Å². The maximum Gasteiger partial charge on any atom is 0.346 e. The second-order valence-corrected chi connectivity index (χ2v) is 6.54. The number of rotatable bonds is 6. The molecule has 1 aliphatic rings. The van der Waals surface area contributed by atoms with E-state index in [1.165, 1.54) is 0 Å². The Kier molecular flexibility index (Phi) is 5.98. The fourth-order valence-electron chi connectivity index (χ4n) is 2.19. The van der Waals surface area contributed by atoms with Crippen LogP contribution in [0.1, 0.15) is 40.0 Å². The fourth-order valence-corrected chi connectivity index (χ4v) is 4.91. The van der Waals surface area contributed by atoms with E-state index in [1.54, 1.807) is 0 Å². The first-order chi connectivity index (χ1) is 7.69. The SMILES string of the molecule is CCCN1CCCN(CCC)P1(=O)OCC. The van der Waals surface area contributed by atoms with E-state index in [9.17, 15) is 4.57 Å². The van der Waals surface area contributed by atoms with E-state index < -0.39 is 7.67 Å². The predicted molar refractivity (Wildman–Crippen MR) is 67.6 cm³/mol. The van der Waals surface area contributed by atoms with Crippen molar-refractivity contribution in [2.24, 2.45) is 0 Å². The Morgan fingerprint density at radius 3 is 1.94 bits per heavy atom. The van der Waals surface area contributed by atoms with Crippen LogP contribution in [0.3, 0.4) is 0 Å². The monoisotopic (exact) mass is 248 g/mol. The zero-order valence-corrected chi connectivity index (χ0v) is 11.7. The Morgan fingerprint density at radius 2 is 1.56 bits per heavy atom. The van der Waals surface area contributed by atoms with E-state index in [0.717, 1.165) is 45.4 Å². The Labute approximate surface area is 99.5 Å². The third-order valence-corrected chi connectivity index (χ3v) is 5.63. The molecule has 4 nitrogen and oxygen atoms in total. The summed E-state index contributed by atoms with van der Waals surface area (Å²) in [5.74, 6) is 0. The van der Waals surface area contributed by atoms with E-state index >= 15 is 0 Å². The van der Waals surface area contributed by atoms with Crippen molar-refractivity contribution >= 4 is 7.67 Å². The minimum absolute atomic E-state index is 0.526. The molecule has 0 spiro atoms. The average Bonchev–Trinajstić information content (AvgIpc) is 2.25. The van der Waals surface area contributed by atoms with Crippen molar-refractivity contribution in [3.05, 3.63) is 0 Å². The summed E-state index contributed by atoms with van der Waals surface area (Å²) in [7, 11) is -2.70. The normalized spacial score (nSPS) is 22.4. The van der Waals surface area contributed by atoms with Gasteiger partial charge < -0.3 is 4.52 Å². The molecule has 0 atom stereocenters. The van der Waals surface area contributed by atoms with Gasteiger partial charge in [0.15, 0.2) is 0 Å². The third kappa shape index (κ3) is 3.07. The topological polar surface area (TPSA) is 32.8 Å². The Morgan fingerprint density at radius 1 is 1.06 bits per heavy atom. The maximum atomic E-state index is 12.9. The second-order valence-electron chi connectivity index (χ2n) is 4.17. The lowest BCUT2D eigenvalue weighted by atomic mass is 10.3. The van der Waals surface area contributed by atoms with Gasteiger partial charge in [-0.25, -0.2) is 9.34 Å². The van der Waals surface area contributed by atoms with Crippen LogP contribution in [0.15, 0.2) is 0 Å². The van der Waals surface area contributed by atoms with Gasteiger partial charge in [0.05, 0.1) is 6.61 Å². The maximum absolute atomic E-state index is 12.9. The van der Waals surface area contributed by atoms with Gasteiger partial charge in [0.1, 0.15) is 0 Å². The molecule has 0 N–H and O–H groups in total. The molecule has 1 rings (SSSR count). The van der Waals surface area contributed by atoms with Crippen LogP contribution in [0, 0.1) is 0 Å². The highest BCUT2D eigenvalue weighted by Crippen LogP contribution is 2.56. The summed E-state index contributed by atoms with van der Waals surface area (Å²) < 4.78 is 22.6. The van der Waals surface area contributed by atoms with Gasteiger partial charge in [0.25, 0.3) is 0 Å². The van der Waals surface area contributed by atoms with Crippen molar-refractivity contribution in [1.29, 1.82) is 0 Å². The number of nitrogens with zero attached hydrogens (tertiary/aromatic N) is 2. The quantitative estimate of drug-likeness (QED) is 0.677. The van der Waals surface area contributed by atoms with Crippen LogP contribution < -0.4 is 0 Å². The molecule has 16 heavy (non-hydrogen) atoms. The second kappa shape index (κ2) is 6.75. The highest BCUT2D eigenvalue weighted by molar-refractivity contribution is 7.54. The molecule has 0 aromatic rings. The number of hydrogen-bond acceptors (Lipinski definition) is 2. The van der Waals surface area contributed by atoms with Gasteiger partial charge in [-0.05, 0) is 26.2 Å². The van der Waals surface area contributed by atoms with Gasteiger partial charge >= 0.3 is 7.67 Å². The number of hydrogen-bond donors (Lipinski definition) is 0. The summed E-state index contributed by atoms with van der Waals surface area (Å²) >= 11 is 0. The van der Waals surface area contributed by atoms with Crippen LogP contribution in [-0.2, 0) is 9.09 Å². The van der Waals surface area contributed by atoms with Crippen molar-refractivity contribution in [2.45, 2.75) is 40.0 Å². The molecule has 0 aromatic carbocycles. The Bertz CT molecular complexity index is 226. The standard InChI is InChI=1S/C11H25N2O2P/c1-4-8-12-10-7-11-13(9-5-2)16(12,14)15-6-3/h4-11H2,1-3H3. The summed E-state index contributed by atoms with van der Waals surface area (Å²) in [6, 6.07) is 0. The molecule has 1 saturated heterocycles. The summed E-state index contributed by atoms with van der Waals surface area (Å²) in [5, 5.41) is 0. The smallest absolute Gasteiger partial charge is 0.306 e. The molecule has 0 aliphatic carbocycles. The lowest BCUT2D eigenvalue weighted by molar-refractivity contribution is 0.184. The molecule has 96 valence electrons. The molecule has 0 unspecified atom stereocenters. The van der Waals surface area contributed by atoms with Crippen molar-refractivity contribution in [1.82, 2.24) is 9.34 Å². The molecular weight excluding hydrogens is 223 g/mol. The molecule has 0 aromatic heterocycles. The van der Waals surface area contributed by atoms with Crippen molar-refractivity contribution in [3.63, 3.8) is 0 Å². The molecule has 1 heterocycles. The summed E-state index contributed by atoms with van der Waals surface area (Å²) in [6.45, 7) is 10.2. The van der Waals surface area contributed by atoms with Crippen LogP contribution in [0.25, 0.3) is 0 Å². The van der Waals surface area contributed by atoms with Gasteiger partial charge in [0, 0.05) is 26.2 Å². The Hall–Kier alpha value is 0.110. The van der Waals surface area contributed by atoms with E-state index in [4.69, 9.17) is 4.52 Å². The first-order valence-electron chi connectivity index (χ1n) is 6.44. The van der Waals surface area contributed by atoms with E-state index in [-0.39, 0.29) is 0 Å². The van der Waals surface area contributed by atoms with Crippen molar-refractivity contribution in [2.75, 3.05) is 32.8 Å². The highest BCUT2D eigenvalue weighted by Gasteiger charge is 2.40. The molecule has 0 saturated carbocycles. The summed E-state index contributed by atoms with van der Waals surface area (Å²) in [4.78, 5) is 0. The first kappa shape index (κ1) is 14.2. The van der Waals surface area contributed by atoms with Crippen LogP contribution in [0.2, 0.25) is 0 Å². The van der Waals surface area contributed by atoms with Gasteiger partial charge in [0.2, 0.25) is 0 Å². The summed E-state index contributed by atoms with van der Waals surface area (Å²) in [5.41, 5.74) is 0. The zero-order chi connectivity index (χ0) is 12.0. The lowest BCUT2D eigenvalue weighted by Crippen LogP contribution is -2.40. The zero-order valence-electron chi connectivity index (χ0n) is 10.8.